The summed E-state index contributed by atoms with van der Waals surface area (Å²) in [7, 11) is 0. The summed E-state index contributed by atoms with van der Waals surface area (Å²) in [6.07, 6.45) is 3.55. The second-order valence-corrected chi connectivity index (χ2v) is 4.07. The molecule has 0 saturated heterocycles. The van der Waals surface area contributed by atoms with Crippen molar-refractivity contribution in [1.82, 2.24) is 15.0 Å². The third kappa shape index (κ3) is 1.89. The number of aromatic amines is 1. The first-order valence-corrected chi connectivity index (χ1v) is 5.85. The number of halogens is 1. The molecule has 3 nitrogen and oxygen atoms in total. The van der Waals surface area contributed by atoms with Gasteiger partial charge in [0.1, 0.15) is 5.82 Å². The van der Waals surface area contributed by atoms with E-state index in [0.717, 1.165) is 28.0 Å². The van der Waals surface area contributed by atoms with Crippen LogP contribution >= 0.6 is 11.6 Å². The molecular weight excluding hydrogens is 234 g/mol. The third-order valence-electron chi connectivity index (χ3n) is 2.65. The van der Waals surface area contributed by atoms with Crippen LogP contribution in [0.3, 0.4) is 0 Å². The Balaban J connectivity index is 2.11. The van der Waals surface area contributed by atoms with E-state index in [0.29, 0.717) is 5.88 Å². The molecule has 2 aromatic heterocycles. The number of nitrogens with zero attached hydrogens (tertiary/aromatic N) is 2. The molecule has 84 valence electrons. The summed E-state index contributed by atoms with van der Waals surface area (Å²) < 4.78 is 0. The first-order valence-electron chi connectivity index (χ1n) is 5.32. The number of rotatable bonds is 2. The van der Waals surface area contributed by atoms with Gasteiger partial charge in [-0.3, -0.25) is 4.98 Å². The normalized spacial score (nSPS) is 10.9. The SMILES string of the molecule is ClCc1cnc(-c2ccc3ncccc3c2)[nH]1. The van der Waals surface area contributed by atoms with Crippen LogP contribution in [-0.2, 0) is 5.88 Å². The molecule has 0 radical (unpaired) electrons. The molecule has 0 fully saturated rings. The Morgan fingerprint density at radius 2 is 2.12 bits per heavy atom. The molecule has 0 atom stereocenters. The molecule has 3 rings (SSSR count). The number of alkyl halides is 1. The molecule has 0 saturated carbocycles. The van der Waals surface area contributed by atoms with Gasteiger partial charge in [-0.25, -0.2) is 4.98 Å². The summed E-state index contributed by atoms with van der Waals surface area (Å²) in [5.41, 5.74) is 2.95. The molecule has 0 aliphatic heterocycles. The monoisotopic (exact) mass is 243 g/mol. The van der Waals surface area contributed by atoms with Gasteiger partial charge in [-0.15, -0.1) is 11.6 Å². The average molecular weight is 244 g/mol. The molecule has 17 heavy (non-hydrogen) atoms. The maximum absolute atomic E-state index is 5.74. The molecule has 0 aliphatic carbocycles. The lowest BCUT2D eigenvalue weighted by Crippen LogP contribution is -1.83. The minimum absolute atomic E-state index is 0.447. The van der Waals surface area contributed by atoms with E-state index < -0.39 is 0 Å². The highest BCUT2D eigenvalue weighted by Crippen LogP contribution is 2.21. The Hall–Kier alpha value is -1.87. The second kappa shape index (κ2) is 4.18. The predicted octanol–water partition coefficient (Wildman–Crippen LogP) is 3.36. The number of pyridine rings is 1. The fourth-order valence-corrected chi connectivity index (χ4v) is 1.93. The van der Waals surface area contributed by atoms with Gasteiger partial charge in [0, 0.05) is 29.0 Å². The summed E-state index contributed by atoms with van der Waals surface area (Å²) >= 11 is 5.74. The van der Waals surface area contributed by atoms with Crippen molar-refractivity contribution in [3.05, 3.63) is 48.4 Å². The van der Waals surface area contributed by atoms with E-state index in [4.69, 9.17) is 11.6 Å². The van der Waals surface area contributed by atoms with Gasteiger partial charge in [-0.05, 0) is 24.3 Å². The molecule has 1 aromatic carbocycles. The van der Waals surface area contributed by atoms with E-state index in [9.17, 15) is 0 Å². The van der Waals surface area contributed by atoms with Crippen LogP contribution < -0.4 is 0 Å². The Bertz CT molecular complexity index is 660. The van der Waals surface area contributed by atoms with Gasteiger partial charge in [0.15, 0.2) is 0 Å². The molecule has 2 heterocycles. The molecule has 0 aliphatic rings. The number of H-pyrrole nitrogens is 1. The summed E-state index contributed by atoms with van der Waals surface area (Å²) in [5.74, 6) is 1.29. The lowest BCUT2D eigenvalue weighted by Gasteiger charge is -2.00. The van der Waals surface area contributed by atoms with Gasteiger partial charge in [0.25, 0.3) is 0 Å². The van der Waals surface area contributed by atoms with Crippen LogP contribution in [0, 0.1) is 0 Å². The van der Waals surface area contributed by atoms with Gasteiger partial charge in [0.2, 0.25) is 0 Å². The smallest absolute Gasteiger partial charge is 0.137 e. The van der Waals surface area contributed by atoms with Crippen molar-refractivity contribution in [3.63, 3.8) is 0 Å². The first-order chi connectivity index (χ1) is 8.36. The van der Waals surface area contributed by atoms with Crippen molar-refractivity contribution in [1.29, 1.82) is 0 Å². The zero-order valence-corrected chi connectivity index (χ0v) is 9.78. The van der Waals surface area contributed by atoms with Crippen molar-refractivity contribution in [3.8, 4) is 11.4 Å². The lowest BCUT2D eigenvalue weighted by molar-refractivity contribution is 1.23. The van der Waals surface area contributed by atoms with Crippen LogP contribution in [0.4, 0.5) is 0 Å². The Kier molecular flexibility index (Phi) is 2.53. The molecule has 0 bridgehead atoms. The van der Waals surface area contributed by atoms with Crippen LogP contribution in [0.2, 0.25) is 0 Å². The first kappa shape index (κ1) is 10.3. The highest BCUT2D eigenvalue weighted by molar-refractivity contribution is 6.16. The van der Waals surface area contributed by atoms with Crippen LogP contribution in [-0.4, -0.2) is 15.0 Å². The molecular formula is C13H10ClN3. The topological polar surface area (TPSA) is 41.6 Å². The highest BCUT2D eigenvalue weighted by Gasteiger charge is 2.04. The van der Waals surface area contributed by atoms with Crippen molar-refractivity contribution >= 4 is 22.5 Å². The van der Waals surface area contributed by atoms with Crippen molar-refractivity contribution in [2.75, 3.05) is 0 Å². The zero-order valence-electron chi connectivity index (χ0n) is 9.02. The Morgan fingerprint density at radius 1 is 1.18 bits per heavy atom. The number of hydrogen-bond donors (Lipinski definition) is 1. The minimum Gasteiger partial charge on any atom is -0.341 e. The summed E-state index contributed by atoms with van der Waals surface area (Å²) in [6.45, 7) is 0. The molecule has 0 amide bonds. The van der Waals surface area contributed by atoms with Crippen molar-refractivity contribution < 1.29 is 0 Å². The largest absolute Gasteiger partial charge is 0.341 e. The molecule has 3 aromatic rings. The second-order valence-electron chi connectivity index (χ2n) is 3.80. The van der Waals surface area contributed by atoms with E-state index in [1.54, 1.807) is 12.4 Å². The summed E-state index contributed by atoms with van der Waals surface area (Å²) in [6, 6.07) is 10.0. The fourth-order valence-electron chi connectivity index (χ4n) is 1.80. The van der Waals surface area contributed by atoms with Crippen molar-refractivity contribution in [2.24, 2.45) is 0 Å². The van der Waals surface area contributed by atoms with E-state index in [-0.39, 0.29) is 0 Å². The highest BCUT2D eigenvalue weighted by atomic mass is 35.5. The summed E-state index contributed by atoms with van der Waals surface area (Å²) in [4.78, 5) is 11.8. The number of benzene rings is 1. The van der Waals surface area contributed by atoms with Crippen LogP contribution in [0.15, 0.2) is 42.7 Å². The number of hydrogen-bond acceptors (Lipinski definition) is 2. The van der Waals surface area contributed by atoms with E-state index in [1.165, 1.54) is 0 Å². The number of nitrogens with one attached hydrogen (secondary N) is 1. The quantitative estimate of drug-likeness (QED) is 0.701. The third-order valence-corrected chi connectivity index (χ3v) is 2.94. The van der Waals surface area contributed by atoms with Crippen LogP contribution in [0.25, 0.3) is 22.3 Å². The molecule has 0 unspecified atom stereocenters. The zero-order chi connectivity index (χ0) is 11.7. The van der Waals surface area contributed by atoms with Crippen LogP contribution in [0.1, 0.15) is 5.69 Å². The molecule has 1 N–H and O–H groups in total. The Morgan fingerprint density at radius 3 is 2.94 bits per heavy atom. The van der Waals surface area contributed by atoms with Gasteiger partial charge in [-0.1, -0.05) is 6.07 Å². The van der Waals surface area contributed by atoms with E-state index in [2.05, 4.69) is 21.0 Å². The summed E-state index contributed by atoms with van der Waals surface area (Å²) in [5, 5.41) is 1.11. The average Bonchev–Trinajstić information content (AvgIpc) is 2.87. The van der Waals surface area contributed by atoms with Gasteiger partial charge >= 0.3 is 0 Å². The van der Waals surface area contributed by atoms with E-state index >= 15 is 0 Å². The number of imidazole rings is 1. The van der Waals surface area contributed by atoms with Gasteiger partial charge < -0.3 is 4.98 Å². The lowest BCUT2D eigenvalue weighted by atomic mass is 10.1. The number of aromatic nitrogens is 3. The van der Waals surface area contributed by atoms with Crippen molar-refractivity contribution in [2.45, 2.75) is 5.88 Å². The van der Waals surface area contributed by atoms with Crippen LogP contribution in [0.5, 0.6) is 0 Å². The molecule has 4 heteroatoms. The Labute approximate surface area is 103 Å². The standard InChI is InChI=1S/C13H10ClN3/c14-7-11-8-16-13(17-11)10-3-4-12-9(6-10)2-1-5-15-12/h1-6,8H,7H2,(H,16,17). The maximum Gasteiger partial charge on any atom is 0.137 e. The van der Waals surface area contributed by atoms with Gasteiger partial charge in [-0.2, -0.15) is 0 Å². The molecule has 0 spiro atoms. The fraction of sp³-hybridized carbons (Fsp3) is 0.0769. The minimum atomic E-state index is 0.447. The maximum atomic E-state index is 5.74. The number of fused-ring (bicyclic) bond motifs is 1. The van der Waals surface area contributed by atoms with E-state index in [1.807, 2.05) is 24.3 Å². The predicted molar refractivity (Wildman–Crippen MR) is 68.9 cm³/mol. The van der Waals surface area contributed by atoms with Gasteiger partial charge in [0.05, 0.1) is 11.4 Å².